The Balaban J connectivity index is 0.00000220. The van der Waals surface area contributed by atoms with Gasteiger partial charge in [0.25, 0.3) is 0 Å². The number of aryl methyl sites for hydroxylation is 2. The fourth-order valence-electron chi connectivity index (χ4n) is 2.46. The van der Waals surface area contributed by atoms with E-state index in [0.29, 0.717) is 0 Å². The maximum Gasteiger partial charge on any atom is 0.326 e. The van der Waals surface area contributed by atoms with Crippen LogP contribution < -0.4 is 10.6 Å². The van der Waals surface area contributed by atoms with E-state index in [1.165, 1.54) is 6.42 Å². The zero-order valence-electron chi connectivity index (χ0n) is 12.5. The number of halogens is 1. The van der Waals surface area contributed by atoms with Gasteiger partial charge in [-0.15, -0.1) is 12.4 Å². The first-order valence-electron chi connectivity index (χ1n) is 7.05. The molecule has 3 N–H and O–H groups in total. The number of amides is 2. The van der Waals surface area contributed by atoms with E-state index in [-0.39, 0.29) is 24.4 Å². The van der Waals surface area contributed by atoms with Crippen LogP contribution in [-0.4, -0.2) is 30.0 Å². The van der Waals surface area contributed by atoms with Gasteiger partial charge in [0.05, 0.1) is 0 Å². The second-order valence-electron chi connectivity index (χ2n) is 5.24. The van der Waals surface area contributed by atoms with Gasteiger partial charge >= 0.3 is 6.03 Å². The van der Waals surface area contributed by atoms with Crippen LogP contribution in [0.25, 0.3) is 0 Å². The minimum Gasteiger partial charge on any atom is -0.343 e. The van der Waals surface area contributed by atoms with E-state index in [1.54, 1.807) is 0 Å². The average Bonchev–Trinajstić information content (AvgIpc) is 2.44. The number of hydrogen-bond donors (Lipinski definition) is 3. The molecular formula is C15H23ClN4O. The number of nitrogens with one attached hydrogen (secondary N) is 3. The van der Waals surface area contributed by atoms with Crippen molar-refractivity contribution >= 4 is 30.1 Å². The van der Waals surface area contributed by atoms with Gasteiger partial charge in [-0.1, -0.05) is 18.2 Å². The molecule has 0 radical (unpaired) electrons. The third-order valence-corrected chi connectivity index (χ3v) is 3.62. The molecule has 0 aliphatic carbocycles. The van der Waals surface area contributed by atoms with Crippen LogP contribution >= 0.6 is 12.4 Å². The van der Waals surface area contributed by atoms with Gasteiger partial charge in [0.1, 0.15) is 0 Å². The summed E-state index contributed by atoms with van der Waals surface area (Å²) >= 11 is 0. The third kappa shape index (κ3) is 4.63. The molecule has 2 rings (SSSR count). The number of nitrogens with zero attached hydrogens (tertiary/aromatic N) is 1. The number of carbonyl (C=O) groups excluding carboxylic acids is 1. The number of likely N-dealkylation sites (tertiary alicyclic amines) is 1. The highest BCUT2D eigenvalue weighted by Gasteiger charge is 2.16. The van der Waals surface area contributed by atoms with Crippen LogP contribution in [0.5, 0.6) is 0 Å². The van der Waals surface area contributed by atoms with Crippen molar-refractivity contribution in [1.82, 2.24) is 10.2 Å². The summed E-state index contributed by atoms with van der Waals surface area (Å²) in [5.41, 5.74) is 2.85. The highest BCUT2D eigenvalue weighted by Crippen LogP contribution is 2.19. The lowest BCUT2D eigenvalue weighted by Crippen LogP contribution is -2.47. The number of hydrogen-bond acceptors (Lipinski definition) is 2. The Morgan fingerprint density at radius 1 is 1.14 bits per heavy atom. The zero-order chi connectivity index (χ0) is 14.5. The molecule has 1 aromatic carbocycles. The van der Waals surface area contributed by atoms with Gasteiger partial charge in [-0.2, -0.15) is 0 Å². The van der Waals surface area contributed by atoms with Crippen molar-refractivity contribution in [3.05, 3.63) is 29.3 Å². The topological polar surface area (TPSA) is 68.2 Å². The molecule has 1 heterocycles. The van der Waals surface area contributed by atoms with Crippen LogP contribution in [0.3, 0.4) is 0 Å². The van der Waals surface area contributed by atoms with Gasteiger partial charge in [-0.25, -0.2) is 4.79 Å². The van der Waals surface area contributed by atoms with E-state index in [0.717, 1.165) is 42.7 Å². The number of benzene rings is 1. The first-order valence-corrected chi connectivity index (χ1v) is 7.05. The number of anilines is 1. The molecule has 6 heteroatoms. The van der Waals surface area contributed by atoms with Crippen LogP contribution in [0, 0.1) is 19.3 Å². The molecule has 21 heavy (non-hydrogen) atoms. The highest BCUT2D eigenvalue weighted by atomic mass is 35.5. The van der Waals surface area contributed by atoms with Crippen molar-refractivity contribution in [1.29, 1.82) is 5.41 Å². The van der Waals surface area contributed by atoms with Crippen molar-refractivity contribution in [3.8, 4) is 0 Å². The smallest absolute Gasteiger partial charge is 0.326 e. The molecule has 0 bridgehead atoms. The summed E-state index contributed by atoms with van der Waals surface area (Å²) in [7, 11) is 0. The Hall–Kier alpha value is -1.75. The van der Waals surface area contributed by atoms with Crippen LogP contribution in [0.2, 0.25) is 0 Å². The minimum atomic E-state index is -0.349. The number of piperidine rings is 1. The minimum absolute atomic E-state index is 0. The maximum atomic E-state index is 12.0. The van der Waals surface area contributed by atoms with Crippen molar-refractivity contribution in [2.45, 2.75) is 33.1 Å². The van der Waals surface area contributed by atoms with Gasteiger partial charge in [-0.05, 0) is 44.2 Å². The van der Waals surface area contributed by atoms with Crippen molar-refractivity contribution in [2.24, 2.45) is 0 Å². The molecule has 1 aliphatic rings. The molecule has 5 nitrogen and oxygen atoms in total. The molecule has 1 saturated heterocycles. The Kier molecular flexibility index (Phi) is 6.49. The van der Waals surface area contributed by atoms with E-state index >= 15 is 0 Å². The van der Waals surface area contributed by atoms with Crippen molar-refractivity contribution in [2.75, 3.05) is 18.4 Å². The van der Waals surface area contributed by atoms with Crippen LogP contribution in [0.4, 0.5) is 10.5 Å². The van der Waals surface area contributed by atoms with Crippen LogP contribution in [0.15, 0.2) is 18.2 Å². The standard InChI is InChI=1S/C15H22N4O.ClH/c1-11-7-6-8-12(2)13(11)17-15(20)18-14(16)19-9-4-3-5-10-19;/h6-8H,3-5,9-10H2,1-2H3,(H3,16,17,18,20);1H. The first-order chi connectivity index (χ1) is 9.58. The number of urea groups is 1. The van der Waals surface area contributed by atoms with Gasteiger partial charge < -0.3 is 10.2 Å². The lowest BCUT2D eigenvalue weighted by Gasteiger charge is -2.28. The fourth-order valence-corrected chi connectivity index (χ4v) is 2.46. The normalized spacial score (nSPS) is 14.1. The predicted octanol–water partition coefficient (Wildman–Crippen LogP) is 3.27. The molecule has 0 atom stereocenters. The van der Waals surface area contributed by atoms with Gasteiger partial charge in [0, 0.05) is 18.8 Å². The summed E-state index contributed by atoms with van der Waals surface area (Å²) < 4.78 is 0. The van der Waals surface area contributed by atoms with Gasteiger partial charge in [-0.3, -0.25) is 10.7 Å². The first kappa shape index (κ1) is 17.3. The average molecular weight is 311 g/mol. The van der Waals surface area contributed by atoms with Crippen molar-refractivity contribution in [3.63, 3.8) is 0 Å². The molecular weight excluding hydrogens is 288 g/mol. The van der Waals surface area contributed by atoms with E-state index in [1.807, 2.05) is 36.9 Å². The number of carbonyl (C=O) groups is 1. The summed E-state index contributed by atoms with van der Waals surface area (Å²) in [5.74, 6) is 0.188. The molecule has 116 valence electrons. The van der Waals surface area contributed by atoms with E-state index < -0.39 is 0 Å². The Morgan fingerprint density at radius 3 is 2.29 bits per heavy atom. The number of para-hydroxylation sites is 1. The molecule has 0 unspecified atom stereocenters. The zero-order valence-corrected chi connectivity index (χ0v) is 13.3. The van der Waals surface area contributed by atoms with Gasteiger partial charge in [0.15, 0.2) is 5.96 Å². The Morgan fingerprint density at radius 2 is 1.71 bits per heavy atom. The third-order valence-electron chi connectivity index (χ3n) is 3.62. The molecule has 1 fully saturated rings. The van der Waals surface area contributed by atoms with Gasteiger partial charge in [0.2, 0.25) is 0 Å². The monoisotopic (exact) mass is 310 g/mol. The quantitative estimate of drug-likeness (QED) is 0.550. The molecule has 1 aromatic rings. The molecule has 2 amide bonds. The lowest BCUT2D eigenvalue weighted by molar-refractivity contribution is 0.253. The van der Waals surface area contributed by atoms with Crippen LogP contribution in [-0.2, 0) is 0 Å². The summed E-state index contributed by atoms with van der Waals surface area (Å²) in [6, 6.07) is 5.53. The molecule has 1 aliphatic heterocycles. The lowest BCUT2D eigenvalue weighted by atomic mass is 10.1. The Bertz CT molecular complexity index is 492. The largest absolute Gasteiger partial charge is 0.343 e. The van der Waals surface area contributed by atoms with E-state index in [4.69, 9.17) is 5.41 Å². The highest BCUT2D eigenvalue weighted by molar-refractivity contribution is 6.02. The van der Waals surface area contributed by atoms with E-state index in [9.17, 15) is 4.79 Å². The molecule has 0 spiro atoms. The van der Waals surface area contributed by atoms with E-state index in [2.05, 4.69) is 10.6 Å². The number of guanidine groups is 1. The summed E-state index contributed by atoms with van der Waals surface area (Å²) in [6.07, 6.45) is 3.38. The summed E-state index contributed by atoms with van der Waals surface area (Å²) in [6.45, 7) is 5.61. The summed E-state index contributed by atoms with van der Waals surface area (Å²) in [4.78, 5) is 13.9. The van der Waals surface area contributed by atoms with Crippen molar-refractivity contribution < 1.29 is 4.79 Å². The maximum absolute atomic E-state index is 12.0. The van der Waals surface area contributed by atoms with Crippen LogP contribution in [0.1, 0.15) is 30.4 Å². The fraction of sp³-hybridized carbons (Fsp3) is 0.467. The second kappa shape index (κ2) is 7.88. The number of rotatable bonds is 1. The molecule has 0 saturated carbocycles. The Labute approximate surface area is 132 Å². The molecule has 0 aromatic heterocycles. The SMILES string of the molecule is Cc1cccc(C)c1NC(=O)NC(=N)N1CCCCC1.Cl. The second-order valence-corrected chi connectivity index (χ2v) is 5.24. The predicted molar refractivity (Wildman–Crippen MR) is 88.5 cm³/mol. The summed E-state index contributed by atoms with van der Waals surface area (Å²) in [5, 5.41) is 13.4.